The number of rotatable bonds is 2. The van der Waals surface area contributed by atoms with Crippen molar-refractivity contribution in [3.8, 4) is 0 Å². The zero-order valence-electron chi connectivity index (χ0n) is 10.6. The van der Waals surface area contributed by atoms with E-state index < -0.39 is 6.10 Å². The summed E-state index contributed by atoms with van der Waals surface area (Å²) in [4.78, 5) is 15.5. The van der Waals surface area contributed by atoms with Gasteiger partial charge >= 0.3 is 0 Å². The molecule has 0 unspecified atom stereocenters. The monoisotopic (exact) mass is 312 g/mol. The van der Waals surface area contributed by atoms with Gasteiger partial charge in [-0.15, -0.1) is 0 Å². The van der Waals surface area contributed by atoms with Gasteiger partial charge in [0.05, 0.1) is 12.6 Å². The summed E-state index contributed by atoms with van der Waals surface area (Å²) in [5, 5.41) is 9.58. The molecule has 1 amide bonds. The molecule has 1 fully saturated rings. The predicted molar refractivity (Wildman–Crippen MR) is 74.6 cm³/mol. The summed E-state index contributed by atoms with van der Waals surface area (Å²) in [6.45, 7) is 3.73. The lowest BCUT2D eigenvalue weighted by molar-refractivity contribution is -0.129. The van der Waals surface area contributed by atoms with Gasteiger partial charge < -0.3 is 14.9 Å². The highest BCUT2D eigenvalue weighted by molar-refractivity contribution is 9.10. The molecule has 0 radical (unpaired) electrons. The maximum atomic E-state index is 11.7. The van der Waals surface area contributed by atoms with Gasteiger partial charge in [0.2, 0.25) is 5.91 Å². The molecule has 2 rings (SSSR count). The van der Waals surface area contributed by atoms with E-state index in [-0.39, 0.29) is 5.91 Å². The van der Waals surface area contributed by atoms with Crippen LogP contribution in [0.25, 0.3) is 0 Å². The Bertz CT molecular complexity index is 462. The highest BCUT2D eigenvalue weighted by Gasteiger charge is 2.21. The number of anilines is 1. The van der Waals surface area contributed by atoms with E-state index in [4.69, 9.17) is 0 Å². The molecular weight excluding hydrogens is 296 g/mol. The van der Waals surface area contributed by atoms with Crippen molar-refractivity contribution in [1.82, 2.24) is 4.90 Å². The van der Waals surface area contributed by atoms with E-state index in [1.54, 1.807) is 11.8 Å². The van der Waals surface area contributed by atoms with Crippen LogP contribution >= 0.6 is 15.9 Å². The van der Waals surface area contributed by atoms with Crippen molar-refractivity contribution in [2.75, 3.05) is 31.6 Å². The molecule has 0 aliphatic carbocycles. The molecule has 1 atom stereocenters. The Morgan fingerprint density at radius 2 is 2.11 bits per heavy atom. The molecule has 1 aliphatic rings. The van der Waals surface area contributed by atoms with Crippen molar-refractivity contribution in [3.63, 3.8) is 0 Å². The Labute approximate surface area is 115 Å². The van der Waals surface area contributed by atoms with Gasteiger partial charge in [0.25, 0.3) is 0 Å². The normalized spacial score (nSPS) is 18.1. The van der Waals surface area contributed by atoms with E-state index in [9.17, 15) is 9.90 Å². The molecule has 1 N–H and O–H groups in total. The number of piperazine rings is 1. The molecule has 98 valence electrons. The Morgan fingerprint density at radius 1 is 1.39 bits per heavy atom. The van der Waals surface area contributed by atoms with Crippen LogP contribution in [0.3, 0.4) is 0 Å². The lowest BCUT2D eigenvalue weighted by atomic mass is 10.1. The topological polar surface area (TPSA) is 43.8 Å². The van der Waals surface area contributed by atoms with E-state index in [1.807, 2.05) is 25.2 Å². The van der Waals surface area contributed by atoms with Crippen molar-refractivity contribution in [2.45, 2.75) is 13.0 Å². The number of hydrogen-bond acceptors (Lipinski definition) is 3. The van der Waals surface area contributed by atoms with Gasteiger partial charge in [-0.2, -0.15) is 0 Å². The van der Waals surface area contributed by atoms with Crippen molar-refractivity contribution in [2.24, 2.45) is 0 Å². The number of hydrogen-bond donors (Lipinski definition) is 1. The minimum Gasteiger partial charge on any atom is -0.389 e. The van der Waals surface area contributed by atoms with Crippen molar-refractivity contribution in [1.29, 1.82) is 0 Å². The molecule has 5 heteroatoms. The van der Waals surface area contributed by atoms with E-state index in [0.29, 0.717) is 6.54 Å². The maximum absolute atomic E-state index is 11.7. The van der Waals surface area contributed by atoms with E-state index in [1.165, 1.54) is 0 Å². The standard InChI is InChI=1S/C13H17BrN2O2/c1-9(17)11-4-3-10(7-12(11)14)16-6-5-15(2)13(18)8-16/h3-4,7,9,17H,5-6,8H2,1-2H3/t9-/m1/s1. The number of carbonyl (C=O) groups excluding carboxylic acids is 1. The van der Waals surface area contributed by atoms with Crippen LogP contribution in [0.15, 0.2) is 22.7 Å². The molecule has 0 saturated carbocycles. The smallest absolute Gasteiger partial charge is 0.241 e. The first-order valence-corrected chi connectivity index (χ1v) is 6.75. The fraction of sp³-hybridized carbons (Fsp3) is 0.462. The molecule has 4 nitrogen and oxygen atoms in total. The summed E-state index contributed by atoms with van der Waals surface area (Å²) < 4.78 is 0.876. The van der Waals surface area contributed by atoms with Crippen LogP contribution in [0.5, 0.6) is 0 Å². The molecule has 1 aromatic carbocycles. The number of halogens is 1. The average Bonchev–Trinajstić information content (AvgIpc) is 2.32. The Balaban J connectivity index is 2.19. The van der Waals surface area contributed by atoms with Crippen LogP contribution in [-0.4, -0.2) is 42.6 Å². The number of carbonyl (C=O) groups is 1. The summed E-state index contributed by atoms with van der Waals surface area (Å²) in [7, 11) is 1.83. The number of benzene rings is 1. The van der Waals surface area contributed by atoms with Crippen molar-refractivity contribution < 1.29 is 9.90 Å². The van der Waals surface area contributed by atoms with E-state index >= 15 is 0 Å². The minimum absolute atomic E-state index is 0.136. The second-order valence-corrected chi connectivity index (χ2v) is 5.47. The Morgan fingerprint density at radius 3 is 2.67 bits per heavy atom. The van der Waals surface area contributed by atoms with Gasteiger partial charge in [-0.1, -0.05) is 22.0 Å². The molecule has 1 heterocycles. The van der Waals surface area contributed by atoms with Gasteiger partial charge in [0.15, 0.2) is 0 Å². The molecule has 0 spiro atoms. The zero-order chi connectivity index (χ0) is 13.3. The number of aliphatic hydroxyl groups is 1. The molecule has 0 aromatic heterocycles. The van der Waals surface area contributed by atoms with Crippen LogP contribution in [0, 0.1) is 0 Å². The lowest BCUT2D eigenvalue weighted by Gasteiger charge is -2.33. The number of aliphatic hydroxyl groups excluding tert-OH is 1. The first-order valence-electron chi connectivity index (χ1n) is 5.95. The number of likely N-dealkylation sites (N-methyl/N-ethyl adjacent to an activating group) is 1. The van der Waals surface area contributed by atoms with Crippen LogP contribution in [-0.2, 0) is 4.79 Å². The third-order valence-electron chi connectivity index (χ3n) is 3.26. The molecule has 1 aromatic rings. The zero-order valence-corrected chi connectivity index (χ0v) is 12.1. The summed E-state index contributed by atoms with van der Waals surface area (Å²) in [5.74, 6) is 0.136. The molecule has 1 aliphatic heterocycles. The second kappa shape index (κ2) is 5.28. The van der Waals surface area contributed by atoms with E-state index in [2.05, 4.69) is 20.8 Å². The Kier molecular flexibility index (Phi) is 3.92. The van der Waals surface area contributed by atoms with Gasteiger partial charge in [0, 0.05) is 30.3 Å². The van der Waals surface area contributed by atoms with Gasteiger partial charge in [-0.05, 0) is 24.6 Å². The highest BCUT2D eigenvalue weighted by atomic mass is 79.9. The van der Waals surface area contributed by atoms with E-state index in [0.717, 1.165) is 28.8 Å². The molecular formula is C13H17BrN2O2. The first-order chi connectivity index (χ1) is 8.49. The average molecular weight is 313 g/mol. The number of nitrogens with zero attached hydrogens (tertiary/aromatic N) is 2. The summed E-state index contributed by atoms with van der Waals surface area (Å²) in [5.41, 5.74) is 1.87. The largest absolute Gasteiger partial charge is 0.389 e. The third kappa shape index (κ3) is 2.67. The summed E-state index contributed by atoms with van der Waals surface area (Å²) >= 11 is 3.46. The lowest BCUT2D eigenvalue weighted by Crippen LogP contribution is -2.48. The van der Waals surface area contributed by atoms with Crippen LogP contribution < -0.4 is 4.90 Å². The maximum Gasteiger partial charge on any atom is 0.241 e. The van der Waals surface area contributed by atoms with Gasteiger partial charge in [-0.3, -0.25) is 4.79 Å². The molecule has 0 bridgehead atoms. The summed E-state index contributed by atoms with van der Waals surface area (Å²) in [6, 6.07) is 5.80. The third-order valence-corrected chi connectivity index (χ3v) is 3.94. The SMILES string of the molecule is C[C@@H](O)c1ccc(N2CCN(C)C(=O)C2)cc1Br. The second-order valence-electron chi connectivity index (χ2n) is 4.62. The fourth-order valence-corrected chi connectivity index (χ4v) is 2.73. The summed E-state index contributed by atoms with van der Waals surface area (Å²) in [6.07, 6.45) is -0.498. The quantitative estimate of drug-likeness (QED) is 0.905. The van der Waals surface area contributed by atoms with Crippen molar-refractivity contribution in [3.05, 3.63) is 28.2 Å². The van der Waals surface area contributed by atoms with Crippen LogP contribution in [0.2, 0.25) is 0 Å². The van der Waals surface area contributed by atoms with Gasteiger partial charge in [0.1, 0.15) is 0 Å². The Hall–Kier alpha value is -1.07. The highest BCUT2D eigenvalue weighted by Crippen LogP contribution is 2.28. The predicted octanol–water partition coefficient (Wildman–Crippen LogP) is 1.78. The van der Waals surface area contributed by atoms with Crippen LogP contribution in [0.1, 0.15) is 18.6 Å². The minimum atomic E-state index is -0.498. The van der Waals surface area contributed by atoms with Crippen molar-refractivity contribution >= 4 is 27.5 Å². The molecule has 18 heavy (non-hydrogen) atoms. The first kappa shape index (κ1) is 13.4. The van der Waals surface area contributed by atoms with Gasteiger partial charge in [-0.25, -0.2) is 0 Å². The fourth-order valence-electron chi connectivity index (χ4n) is 2.03. The number of amides is 1. The van der Waals surface area contributed by atoms with Crippen LogP contribution in [0.4, 0.5) is 5.69 Å². The molecule has 1 saturated heterocycles.